The Morgan fingerprint density at radius 3 is 2.14 bits per heavy atom. The largest absolute Gasteiger partial charge is 0.323 e. The SMILES string of the molecule is CCc1ccc(C(F)C(C)(C)N)cc1. The smallest absolute Gasteiger partial charge is 0.142 e. The molecule has 0 saturated heterocycles. The molecule has 0 aliphatic carbocycles. The van der Waals surface area contributed by atoms with Gasteiger partial charge in [0, 0.05) is 5.54 Å². The molecule has 0 bridgehead atoms. The fourth-order valence-electron chi connectivity index (χ4n) is 1.35. The molecule has 1 rings (SSSR count). The van der Waals surface area contributed by atoms with E-state index in [1.54, 1.807) is 13.8 Å². The maximum absolute atomic E-state index is 13.8. The molecule has 1 aromatic rings. The van der Waals surface area contributed by atoms with Crippen LogP contribution in [0, 0.1) is 0 Å². The summed E-state index contributed by atoms with van der Waals surface area (Å²) in [5.74, 6) is 0. The van der Waals surface area contributed by atoms with Gasteiger partial charge in [0.25, 0.3) is 0 Å². The minimum Gasteiger partial charge on any atom is -0.323 e. The van der Waals surface area contributed by atoms with Gasteiger partial charge in [-0.2, -0.15) is 0 Å². The van der Waals surface area contributed by atoms with Crippen LogP contribution < -0.4 is 5.73 Å². The molecule has 0 aliphatic rings. The van der Waals surface area contributed by atoms with E-state index in [-0.39, 0.29) is 0 Å². The molecule has 2 heteroatoms. The molecule has 0 spiro atoms. The van der Waals surface area contributed by atoms with Crippen LogP contribution in [-0.2, 0) is 6.42 Å². The first-order valence-electron chi connectivity index (χ1n) is 4.97. The summed E-state index contributed by atoms with van der Waals surface area (Å²) in [7, 11) is 0. The molecular formula is C12H18FN. The van der Waals surface area contributed by atoms with E-state index in [0.717, 1.165) is 6.42 Å². The zero-order chi connectivity index (χ0) is 10.8. The average molecular weight is 195 g/mol. The molecule has 0 fully saturated rings. The van der Waals surface area contributed by atoms with Crippen LogP contribution in [0.15, 0.2) is 24.3 Å². The van der Waals surface area contributed by atoms with E-state index < -0.39 is 11.7 Å². The van der Waals surface area contributed by atoms with Gasteiger partial charge < -0.3 is 5.73 Å². The van der Waals surface area contributed by atoms with Gasteiger partial charge in [-0.25, -0.2) is 4.39 Å². The summed E-state index contributed by atoms with van der Waals surface area (Å²) in [6, 6.07) is 7.54. The second-order valence-corrected chi connectivity index (χ2v) is 4.28. The molecule has 0 aromatic heterocycles. The molecule has 0 radical (unpaired) electrons. The lowest BCUT2D eigenvalue weighted by Gasteiger charge is -2.23. The first-order valence-corrected chi connectivity index (χ1v) is 4.97. The van der Waals surface area contributed by atoms with Crippen molar-refractivity contribution in [2.45, 2.75) is 38.9 Å². The van der Waals surface area contributed by atoms with Gasteiger partial charge in [0.05, 0.1) is 0 Å². The predicted molar refractivity (Wildman–Crippen MR) is 57.9 cm³/mol. The van der Waals surface area contributed by atoms with Crippen molar-refractivity contribution >= 4 is 0 Å². The summed E-state index contributed by atoms with van der Waals surface area (Å²) in [5, 5.41) is 0. The third-order valence-electron chi connectivity index (χ3n) is 2.33. The van der Waals surface area contributed by atoms with Gasteiger partial charge in [-0.3, -0.25) is 0 Å². The van der Waals surface area contributed by atoms with E-state index in [4.69, 9.17) is 5.73 Å². The molecule has 1 nitrogen and oxygen atoms in total. The summed E-state index contributed by atoms with van der Waals surface area (Å²) >= 11 is 0. The number of alkyl halides is 1. The molecule has 0 heterocycles. The first kappa shape index (κ1) is 11.2. The maximum Gasteiger partial charge on any atom is 0.142 e. The molecule has 14 heavy (non-hydrogen) atoms. The van der Waals surface area contributed by atoms with Crippen molar-refractivity contribution in [3.63, 3.8) is 0 Å². The summed E-state index contributed by atoms with van der Waals surface area (Å²) in [6.07, 6.45) is -0.128. The number of hydrogen-bond acceptors (Lipinski definition) is 1. The van der Waals surface area contributed by atoms with Crippen molar-refractivity contribution in [1.82, 2.24) is 0 Å². The lowest BCUT2D eigenvalue weighted by molar-refractivity contribution is 0.223. The summed E-state index contributed by atoms with van der Waals surface area (Å²) in [6.45, 7) is 5.48. The van der Waals surface area contributed by atoms with Crippen molar-refractivity contribution < 1.29 is 4.39 Å². The average Bonchev–Trinajstić information content (AvgIpc) is 2.15. The van der Waals surface area contributed by atoms with Gasteiger partial charge >= 0.3 is 0 Å². The van der Waals surface area contributed by atoms with Crippen molar-refractivity contribution in [2.24, 2.45) is 5.73 Å². The quantitative estimate of drug-likeness (QED) is 0.788. The fourth-order valence-corrected chi connectivity index (χ4v) is 1.35. The monoisotopic (exact) mass is 195 g/mol. The van der Waals surface area contributed by atoms with E-state index in [0.29, 0.717) is 5.56 Å². The Labute approximate surface area is 85.1 Å². The molecule has 2 N–H and O–H groups in total. The van der Waals surface area contributed by atoms with Gasteiger partial charge in [-0.05, 0) is 31.4 Å². The molecular weight excluding hydrogens is 177 g/mol. The molecule has 78 valence electrons. The van der Waals surface area contributed by atoms with Crippen LogP contribution in [0.2, 0.25) is 0 Å². The van der Waals surface area contributed by atoms with Crippen LogP contribution in [0.3, 0.4) is 0 Å². The highest BCUT2D eigenvalue weighted by molar-refractivity contribution is 5.25. The van der Waals surface area contributed by atoms with Crippen molar-refractivity contribution in [3.05, 3.63) is 35.4 Å². The van der Waals surface area contributed by atoms with Crippen LogP contribution in [0.25, 0.3) is 0 Å². The lowest BCUT2D eigenvalue weighted by atomic mass is 9.93. The standard InChI is InChI=1S/C12H18FN/c1-4-9-5-7-10(8-6-9)11(13)12(2,3)14/h5-8,11H,4,14H2,1-3H3. The first-order chi connectivity index (χ1) is 6.45. The number of benzene rings is 1. The minimum atomic E-state index is -1.10. The number of rotatable bonds is 3. The summed E-state index contributed by atoms with van der Waals surface area (Å²) in [4.78, 5) is 0. The van der Waals surface area contributed by atoms with Gasteiger partial charge in [0.1, 0.15) is 6.17 Å². The zero-order valence-corrected chi connectivity index (χ0v) is 9.05. The second-order valence-electron chi connectivity index (χ2n) is 4.28. The predicted octanol–water partition coefficient (Wildman–Crippen LogP) is 3.00. The number of aryl methyl sites for hydroxylation is 1. The Bertz CT molecular complexity index is 284. The Kier molecular flexibility index (Phi) is 3.27. The van der Waals surface area contributed by atoms with E-state index >= 15 is 0 Å². The number of nitrogens with two attached hydrogens (primary N) is 1. The van der Waals surface area contributed by atoms with Crippen molar-refractivity contribution in [3.8, 4) is 0 Å². The van der Waals surface area contributed by atoms with Crippen LogP contribution in [0.1, 0.15) is 38.1 Å². The van der Waals surface area contributed by atoms with Gasteiger partial charge in [-0.15, -0.1) is 0 Å². The summed E-state index contributed by atoms with van der Waals surface area (Å²) in [5.41, 5.74) is 6.77. The Morgan fingerprint density at radius 2 is 1.79 bits per heavy atom. The van der Waals surface area contributed by atoms with Crippen LogP contribution >= 0.6 is 0 Å². The Hall–Kier alpha value is -0.890. The van der Waals surface area contributed by atoms with E-state index in [2.05, 4.69) is 6.92 Å². The highest BCUT2D eigenvalue weighted by Gasteiger charge is 2.25. The minimum absolute atomic E-state index is 0.662. The van der Waals surface area contributed by atoms with E-state index in [9.17, 15) is 4.39 Å². The summed E-state index contributed by atoms with van der Waals surface area (Å²) < 4.78 is 13.8. The fraction of sp³-hybridized carbons (Fsp3) is 0.500. The third kappa shape index (κ3) is 2.55. The molecule has 1 aromatic carbocycles. The topological polar surface area (TPSA) is 26.0 Å². The molecule has 0 amide bonds. The van der Waals surface area contributed by atoms with E-state index in [1.807, 2.05) is 24.3 Å². The third-order valence-corrected chi connectivity index (χ3v) is 2.33. The zero-order valence-electron chi connectivity index (χ0n) is 9.05. The number of hydrogen-bond donors (Lipinski definition) is 1. The highest BCUT2D eigenvalue weighted by Crippen LogP contribution is 2.27. The van der Waals surface area contributed by atoms with E-state index in [1.165, 1.54) is 5.56 Å². The van der Waals surface area contributed by atoms with Crippen LogP contribution in [0.5, 0.6) is 0 Å². The van der Waals surface area contributed by atoms with Crippen molar-refractivity contribution in [2.75, 3.05) is 0 Å². The number of halogens is 1. The van der Waals surface area contributed by atoms with Gasteiger partial charge in [0.15, 0.2) is 0 Å². The Balaban J connectivity index is 2.87. The normalized spacial score (nSPS) is 14.1. The van der Waals surface area contributed by atoms with Crippen molar-refractivity contribution in [1.29, 1.82) is 0 Å². The Morgan fingerprint density at radius 1 is 1.29 bits per heavy atom. The van der Waals surface area contributed by atoms with Crippen LogP contribution in [0.4, 0.5) is 4.39 Å². The van der Waals surface area contributed by atoms with Gasteiger partial charge in [0.2, 0.25) is 0 Å². The van der Waals surface area contributed by atoms with Crippen LogP contribution in [-0.4, -0.2) is 5.54 Å². The molecule has 1 atom stereocenters. The second kappa shape index (κ2) is 4.09. The maximum atomic E-state index is 13.8. The lowest BCUT2D eigenvalue weighted by Crippen LogP contribution is -2.37. The highest BCUT2D eigenvalue weighted by atomic mass is 19.1. The molecule has 0 saturated carbocycles. The molecule has 0 aliphatic heterocycles. The van der Waals surface area contributed by atoms with Gasteiger partial charge in [-0.1, -0.05) is 31.2 Å². The molecule has 1 unspecified atom stereocenters.